The lowest BCUT2D eigenvalue weighted by molar-refractivity contribution is 0.0979. The van der Waals surface area contributed by atoms with Gasteiger partial charge in [-0.3, -0.25) is 4.79 Å². The van der Waals surface area contributed by atoms with Crippen LogP contribution in [0.5, 0.6) is 5.75 Å². The highest BCUT2D eigenvalue weighted by molar-refractivity contribution is 7.99. The molecule has 1 saturated heterocycles. The van der Waals surface area contributed by atoms with Crippen molar-refractivity contribution < 1.29 is 9.53 Å². The normalized spacial score (nSPS) is 19.2. The van der Waals surface area contributed by atoms with Gasteiger partial charge in [0.2, 0.25) is 0 Å². The first kappa shape index (κ1) is 12.5. The van der Waals surface area contributed by atoms with Crippen LogP contribution in [0, 0.1) is 0 Å². The lowest BCUT2D eigenvalue weighted by Gasteiger charge is -2.15. The van der Waals surface area contributed by atoms with E-state index < -0.39 is 0 Å². The van der Waals surface area contributed by atoms with Gasteiger partial charge in [0.15, 0.2) is 5.78 Å². The van der Waals surface area contributed by atoms with Crippen molar-refractivity contribution >= 4 is 17.5 Å². The Balaban J connectivity index is 2.12. The summed E-state index contributed by atoms with van der Waals surface area (Å²) in [5, 5.41) is 0. The summed E-state index contributed by atoms with van der Waals surface area (Å²) in [6.45, 7) is 0.381. The van der Waals surface area contributed by atoms with Crippen LogP contribution in [0.1, 0.15) is 23.2 Å². The van der Waals surface area contributed by atoms with Crippen LogP contribution in [0.2, 0.25) is 0 Å². The number of ketones is 1. The van der Waals surface area contributed by atoms with Crippen molar-refractivity contribution in [2.45, 2.75) is 18.9 Å². The average Bonchev–Trinajstić information content (AvgIpc) is 2.83. The average molecular weight is 251 g/mol. The molecule has 0 aliphatic carbocycles. The number of carbonyl (C=O) groups is 1. The van der Waals surface area contributed by atoms with Crippen molar-refractivity contribution in [2.24, 2.45) is 5.73 Å². The van der Waals surface area contributed by atoms with Crippen molar-refractivity contribution in [1.29, 1.82) is 0 Å². The van der Waals surface area contributed by atoms with Crippen LogP contribution >= 0.6 is 11.8 Å². The molecule has 0 bridgehead atoms. The minimum Gasteiger partial charge on any atom is -0.489 e. The number of para-hydroxylation sites is 1. The van der Waals surface area contributed by atoms with Gasteiger partial charge in [0.25, 0.3) is 0 Å². The van der Waals surface area contributed by atoms with Gasteiger partial charge in [-0.2, -0.15) is 11.8 Å². The zero-order chi connectivity index (χ0) is 12.1. The number of Topliss-reactive ketones (excluding diaryl/α,β-unsaturated/α-hetero) is 1. The van der Waals surface area contributed by atoms with Crippen molar-refractivity contribution in [3.05, 3.63) is 29.8 Å². The lowest BCUT2D eigenvalue weighted by Crippen LogP contribution is -2.17. The molecule has 0 radical (unpaired) electrons. The highest BCUT2D eigenvalue weighted by Crippen LogP contribution is 2.26. The number of rotatable bonds is 5. The van der Waals surface area contributed by atoms with Gasteiger partial charge in [-0.05, 0) is 30.9 Å². The maximum absolute atomic E-state index is 11.9. The molecule has 0 saturated carbocycles. The fraction of sp³-hybridized carbons (Fsp3) is 0.462. The van der Waals surface area contributed by atoms with Gasteiger partial charge in [0.05, 0.1) is 5.56 Å². The van der Waals surface area contributed by atoms with E-state index in [9.17, 15) is 4.79 Å². The molecule has 4 heteroatoms. The maximum atomic E-state index is 11.9. The molecule has 0 aromatic heterocycles. The minimum absolute atomic E-state index is 0.0637. The van der Waals surface area contributed by atoms with Crippen molar-refractivity contribution in [3.8, 4) is 5.75 Å². The van der Waals surface area contributed by atoms with Gasteiger partial charge >= 0.3 is 0 Å². The van der Waals surface area contributed by atoms with Gasteiger partial charge in [-0.25, -0.2) is 0 Å². The Morgan fingerprint density at radius 3 is 3.00 bits per heavy atom. The second kappa shape index (κ2) is 6.07. The Bertz CT molecular complexity index is 389. The van der Waals surface area contributed by atoms with Crippen LogP contribution in [-0.4, -0.2) is 29.9 Å². The summed E-state index contributed by atoms with van der Waals surface area (Å²) in [5.74, 6) is 2.93. The zero-order valence-electron chi connectivity index (χ0n) is 9.72. The topological polar surface area (TPSA) is 52.3 Å². The lowest BCUT2D eigenvalue weighted by atomic mass is 10.1. The van der Waals surface area contributed by atoms with E-state index in [2.05, 4.69) is 0 Å². The monoisotopic (exact) mass is 251 g/mol. The largest absolute Gasteiger partial charge is 0.489 e. The Morgan fingerprint density at radius 1 is 1.47 bits per heavy atom. The molecule has 1 aromatic rings. The molecule has 0 amide bonds. The zero-order valence-corrected chi connectivity index (χ0v) is 10.5. The molecule has 3 nitrogen and oxygen atoms in total. The van der Waals surface area contributed by atoms with Gasteiger partial charge < -0.3 is 10.5 Å². The molecule has 1 aliphatic heterocycles. The van der Waals surface area contributed by atoms with Crippen molar-refractivity contribution in [1.82, 2.24) is 0 Å². The quantitative estimate of drug-likeness (QED) is 0.814. The maximum Gasteiger partial charge on any atom is 0.167 e. The summed E-state index contributed by atoms with van der Waals surface area (Å²) in [7, 11) is 0. The van der Waals surface area contributed by atoms with E-state index in [4.69, 9.17) is 10.5 Å². The number of thioether (sulfide) groups is 1. The van der Waals surface area contributed by atoms with E-state index in [-0.39, 0.29) is 11.9 Å². The predicted octanol–water partition coefficient (Wildman–Crippen LogP) is 2.10. The SMILES string of the molecule is NCCC(=O)c1ccccc1OC1CCSC1. The van der Waals surface area contributed by atoms with Gasteiger partial charge in [0.1, 0.15) is 11.9 Å². The summed E-state index contributed by atoms with van der Waals surface area (Å²) in [4.78, 5) is 11.9. The van der Waals surface area contributed by atoms with E-state index in [1.807, 2.05) is 36.0 Å². The minimum atomic E-state index is 0.0637. The van der Waals surface area contributed by atoms with Crippen LogP contribution in [-0.2, 0) is 0 Å². The Labute approximate surface area is 106 Å². The smallest absolute Gasteiger partial charge is 0.167 e. The first-order valence-corrected chi connectivity index (χ1v) is 7.03. The van der Waals surface area contributed by atoms with E-state index >= 15 is 0 Å². The molecule has 1 unspecified atom stereocenters. The Morgan fingerprint density at radius 2 is 2.29 bits per heavy atom. The van der Waals surface area contributed by atoms with Crippen LogP contribution in [0.3, 0.4) is 0 Å². The second-order valence-electron chi connectivity index (χ2n) is 4.06. The number of hydrogen-bond donors (Lipinski definition) is 1. The first-order valence-electron chi connectivity index (χ1n) is 5.88. The van der Waals surface area contributed by atoms with Gasteiger partial charge in [-0.15, -0.1) is 0 Å². The van der Waals surface area contributed by atoms with E-state index in [0.717, 1.165) is 17.9 Å². The molecule has 17 heavy (non-hydrogen) atoms. The van der Waals surface area contributed by atoms with Crippen molar-refractivity contribution in [3.63, 3.8) is 0 Å². The molecule has 1 fully saturated rings. The fourth-order valence-corrected chi connectivity index (χ4v) is 2.94. The fourth-order valence-electron chi connectivity index (χ4n) is 1.85. The summed E-state index contributed by atoms with van der Waals surface area (Å²) in [6, 6.07) is 7.44. The van der Waals surface area contributed by atoms with Crippen LogP contribution in [0.4, 0.5) is 0 Å². The van der Waals surface area contributed by atoms with E-state index in [0.29, 0.717) is 24.3 Å². The molecule has 2 N–H and O–H groups in total. The van der Waals surface area contributed by atoms with Crippen LogP contribution in [0.25, 0.3) is 0 Å². The molecule has 92 valence electrons. The molecule has 0 spiro atoms. The Hall–Kier alpha value is -1.000. The highest BCUT2D eigenvalue weighted by atomic mass is 32.2. The number of ether oxygens (including phenoxy) is 1. The number of benzene rings is 1. The first-order chi connectivity index (χ1) is 8.31. The molecule has 1 atom stereocenters. The number of carbonyl (C=O) groups excluding carboxylic acids is 1. The molecular weight excluding hydrogens is 234 g/mol. The standard InChI is InChI=1S/C13H17NO2S/c14-7-5-12(15)11-3-1-2-4-13(11)16-10-6-8-17-9-10/h1-4,10H,5-9,14H2. The molecule has 1 heterocycles. The van der Waals surface area contributed by atoms with Gasteiger partial charge in [0, 0.05) is 12.2 Å². The van der Waals surface area contributed by atoms with Crippen LogP contribution < -0.4 is 10.5 Å². The third kappa shape index (κ3) is 3.23. The molecule has 1 aliphatic rings. The Kier molecular flexibility index (Phi) is 4.45. The summed E-state index contributed by atoms with van der Waals surface area (Å²) >= 11 is 1.90. The second-order valence-corrected chi connectivity index (χ2v) is 5.21. The number of hydrogen-bond acceptors (Lipinski definition) is 4. The third-order valence-corrected chi connectivity index (χ3v) is 3.87. The summed E-state index contributed by atoms with van der Waals surface area (Å²) in [5.41, 5.74) is 6.08. The molecule has 2 rings (SSSR count). The van der Waals surface area contributed by atoms with Gasteiger partial charge in [-0.1, -0.05) is 12.1 Å². The number of nitrogens with two attached hydrogens (primary N) is 1. The molecular formula is C13H17NO2S. The predicted molar refractivity (Wildman–Crippen MR) is 70.8 cm³/mol. The highest BCUT2D eigenvalue weighted by Gasteiger charge is 2.19. The third-order valence-electron chi connectivity index (χ3n) is 2.74. The summed E-state index contributed by atoms with van der Waals surface area (Å²) < 4.78 is 5.89. The van der Waals surface area contributed by atoms with E-state index in [1.165, 1.54) is 0 Å². The van der Waals surface area contributed by atoms with Crippen LogP contribution in [0.15, 0.2) is 24.3 Å². The van der Waals surface area contributed by atoms with E-state index in [1.54, 1.807) is 0 Å². The summed E-state index contributed by atoms with van der Waals surface area (Å²) in [6.07, 6.45) is 1.68. The van der Waals surface area contributed by atoms with Crippen molar-refractivity contribution in [2.75, 3.05) is 18.1 Å². The molecule has 1 aromatic carbocycles.